The van der Waals surface area contributed by atoms with Gasteiger partial charge < -0.3 is 10.4 Å². The molecule has 0 amide bonds. The van der Waals surface area contributed by atoms with Crippen LogP contribution in [0.25, 0.3) is 0 Å². The van der Waals surface area contributed by atoms with Gasteiger partial charge in [0, 0.05) is 17.6 Å². The topological polar surface area (TPSA) is 56.0 Å². The molecule has 2 aromatic carbocycles. The van der Waals surface area contributed by atoms with Gasteiger partial charge in [-0.15, -0.1) is 0 Å². The average Bonchev–Trinajstić information content (AvgIpc) is 2.56. The van der Waals surface area contributed by atoms with Crippen LogP contribution in [0.15, 0.2) is 36.4 Å². The van der Waals surface area contributed by atoms with Gasteiger partial charge in [0.1, 0.15) is 5.82 Å². The number of benzene rings is 2. The maximum atomic E-state index is 14.0. The average molecular weight is 334 g/mol. The van der Waals surface area contributed by atoms with Gasteiger partial charge in [-0.05, 0) is 43.7 Å². The quantitative estimate of drug-likeness (QED) is 0.876. The monoisotopic (exact) mass is 334 g/mol. The van der Waals surface area contributed by atoms with Crippen molar-refractivity contribution in [1.82, 2.24) is 5.32 Å². The summed E-state index contributed by atoms with van der Waals surface area (Å²) in [6.07, 6.45) is -1.09. The molecule has 0 radical (unpaired) electrons. The number of nitrogens with one attached hydrogen (secondary N) is 1. The zero-order chi connectivity index (χ0) is 17.9. The zero-order valence-electron chi connectivity index (χ0n) is 13.2. The van der Waals surface area contributed by atoms with Gasteiger partial charge in [-0.1, -0.05) is 12.1 Å². The number of nitriles is 1. The summed E-state index contributed by atoms with van der Waals surface area (Å²) in [6, 6.07) is 8.20. The van der Waals surface area contributed by atoms with E-state index >= 15 is 0 Å². The number of rotatable bonds is 5. The smallest absolute Gasteiger partial charge is 0.159 e. The molecule has 0 saturated heterocycles. The molecule has 0 bridgehead atoms. The van der Waals surface area contributed by atoms with Gasteiger partial charge in [-0.3, -0.25) is 0 Å². The molecule has 126 valence electrons. The first-order chi connectivity index (χ1) is 11.3. The largest absolute Gasteiger partial charge is 0.387 e. The number of aliphatic hydroxyl groups excluding tert-OH is 1. The summed E-state index contributed by atoms with van der Waals surface area (Å²) >= 11 is 0. The van der Waals surface area contributed by atoms with Crippen molar-refractivity contribution in [2.24, 2.45) is 0 Å². The first-order valence-corrected chi connectivity index (χ1v) is 7.42. The van der Waals surface area contributed by atoms with Gasteiger partial charge in [-0.2, -0.15) is 5.26 Å². The standard InChI is InChI=1S/C18H17F3N2O/c1-10(14-5-3-12(9-22)7-16(14)20)23-11(2)18(24)13-4-6-15(19)17(21)8-13/h3-8,10-11,18,23-24H,1-2H3. The van der Waals surface area contributed by atoms with Gasteiger partial charge >= 0.3 is 0 Å². The minimum atomic E-state index is -1.09. The minimum absolute atomic E-state index is 0.221. The molecule has 0 aliphatic heterocycles. The van der Waals surface area contributed by atoms with E-state index in [0.29, 0.717) is 5.56 Å². The molecule has 0 spiro atoms. The molecular weight excluding hydrogens is 317 g/mol. The van der Waals surface area contributed by atoms with Crippen LogP contribution in [0, 0.1) is 28.8 Å². The number of nitrogens with zero attached hydrogens (tertiary/aromatic N) is 1. The normalized spacial score (nSPS) is 14.7. The van der Waals surface area contributed by atoms with Crippen molar-refractivity contribution in [1.29, 1.82) is 5.26 Å². The molecule has 0 saturated carbocycles. The predicted molar refractivity (Wildman–Crippen MR) is 83.4 cm³/mol. The molecule has 2 rings (SSSR count). The Morgan fingerprint density at radius 3 is 2.29 bits per heavy atom. The Kier molecular flexibility index (Phi) is 5.60. The van der Waals surface area contributed by atoms with Crippen LogP contribution >= 0.6 is 0 Å². The molecular formula is C18H17F3N2O. The molecule has 24 heavy (non-hydrogen) atoms. The maximum Gasteiger partial charge on any atom is 0.159 e. The summed E-state index contributed by atoms with van der Waals surface area (Å²) < 4.78 is 40.3. The molecule has 3 unspecified atom stereocenters. The Morgan fingerprint density at radius 2 is 1.71 bits per heavy atom. The number of hydrogen-bond donors (Lipinski definition) is 2. The predicted octanol–water partition coefficient (Wildman–Crippen LogP) is 3.75. The zero-order valence-corrected chi connectivity index (χ0v) is 13.2. The fourth-order valence-corrected chi connectivity index (χ4v) is 2.51. The van der Waals surface area contributed by atoms with Crippen LogP contribution in [0.1, 0.15) is 42.7 Å². The third kappa shape index (κ3) is 3.94. The van der Waals surface area contributed by atoms with E-state index in [0.717, 1.165) is 18.2 Å². The van der Waals surface area contributed by atoms with Crippen LogP contribution in [0.5, 0.6) is 0 Å². The Labute approximate surface area is 138 Å². The minimum Gasteiger partial charge on any atom is -0.387 e. The lowest BCUT2D eigenvalue weighted by Crippen LogP contribution is -2.34. The molecule has 0 aliphatic carbocycles. The molecule has 3 atom stereocenters. The third-order valence-electron chi connectivity index (χ3n) is 3.87. The molecule has 0 aromatic heterocycles. The first kappa shape index (κ1) is 18.0. The van der Waals surface area contributed by atoms with E-state index in [1.54, 1.807) is 13.8 Å². The van der Waals surface area contributed by atoms with Crippen molar-refractivity contribution in [3.05, 3.63) is 70.5 Å². The molecule has 3 nitrogen and oxygen atoms in total. The second kappa shape index (κ2) is 7.47. The molecule has 0 fully saturated rings. The molecule has 6 heteroatoms. The molecule has 2 aromatic rings. The maximum absolute atomic E-state index is 14.0. The van der Waals surface area contributed by atoms with Gasteiger partial charge in [-0.25, -0.2) is 13.2 Å². The summed E-state index contributed by atoms with van der Waals surface area (Å²) in [5.41, 5.74) is 0.790. The van der Waals surface area contributed by atoms with E-state index < -0.39 is 35.6 Å². The highest BCUT2D eigenvalue weighted by molar-refractivity contribution is 5.34. The summed E-state index contributed by atoms with van der Waals surface area (Å²) in [6.45, 7) is 3.36. The van der Waals surface area contributed by atoms with Crippen LogP contribution in [0.4, 0.5) is 13.2 Å². The first-order valence-electron chi connectivity index (χ1n) is 7.42. The fraction of sp³-hybridized carbons (Fsp3) is 0.278. The highest BCUT2D eigenvalue weighted by Crippen LogP contribution is 2.23. The molecule has 0 heterocycles. The fourth-order valence-electron chi connectivity index (χ4n) is 2.51. The summed E-state index contributed by atoms with van der Waals surface area (Å²) in [5.74, 6) is -2.55. The third-order valence-corrected chi connectivity index (χ3v) is 3.87. The van der Waals surface area contributed by atoms with Crippen molar-refractivity contribution in [2.75, 3.05) is 0 Å². The summed E-state index contributed by atoms with van der Waals surface area (Å²) in [7, 11) is 0. The lowest BCUT2D eigenvalue weighted by molar-refractivity contribution is 0.130. The Hall–Kier alpha value is -2.36. The second-order valence-corrected chi connectivity index (χ2v) is 5.64. The Bertz CT molecular complexity index is 773. The van der Waals surface area contributed by atoms with Crippen LogP contribution in [-0.2, 0) is 0 Å². The van der Waals surface area contributed by atoms with Crippen molar-refractivity contribution >= 4 is 0 Å². The van der Waals surface area contributed by atoms with Crippen LogP contribution in [-0.4, -0.2) is 11.1 Å². The molecule has 2 N–H and O–H groups in total. The van der Waals surface area contributed by atoms with Gasteiger partial charge in [0.05, 0.1) is 17.7 Å². The second-order valence-electron chi connectivity index (χ2n) is 5.64. The van der Waals surface area contributed by atoms with Gasteiger partial charge in [0.2, 0.25) is 0 Å². The van der Waals surface area contributed by atoms with E-state index in [-0.39, 0.29) is 11.1 Å². The van der Waals surface area contributed by atoms with Crippen LogP contribution in [0.3, 0.4) is 0 Å². The highest BCUT2D eigenvalue weighted by atomic mass is 19.2. The Morgan fingerprint density at radius 1 is 1.00 bits per heavy atom. The number of hydrogen-bond acceptors (Lipinski definition) is 3. The molecule has 0 aliphatic rings. The van der Waals surface area contributed by atoms with Crippen molar-refractivity contribution in [3.8, 4) is 6.07 Å². The lowest BCUT2D eigenvalue weighted by Gasteiger charge is -2.25. The highest BCUT2D eigenvalue weighted by Gasteiger charge is 2.21. The van der Waals surface area contributed by atoms with E-state index in [1.165, 1.54) is 18.2 Å². The van der Waals surface area contributed by atoms with E-state index in [1.807, 2.05) is 6.07 Å². The lowest BCUT2D eigenvalue weighted by atomic mass is 10.00. The van der Waals surface area contributed by atoms with Crippen molar-refractivity contribution < 1.29 is 18.3 Å². The Balaban J connectivity index is 2.11. The number of halogens is 3. The summed E-state index contributed by atoms with van der Waals surface area (Å²) in [5, 5.41) is 22.0. The van der Waals surface area contributed by atoms with E-state index in [9.17, 15) is 18.3 Å². The van der Waals surface area contributed by atoms with Crippen LogP contribution < -0.4 is 5.32 Å². The van der Waals surface area contributed by atoms with Crippen molar-refractivity contribution in [3.63, 3.8) is 0 Å². The van der Waals surface area contributed by atoms with E-state index in [4.69, 9.17) is 5.26 Å². The van der Waals surface area contributed by atoms with Crippen LogP contribution in [0.2, 0.25) is 0 Å². The summed E-state index contributed by atoms with van der Waals surface area (Å²) in [4.78, 5) is 0. The SMILES string of the molecule is CC(NC(C)C(O)c1ccc(F)c(F)c1)c1ccc(C#N)cc1F. The van der Waals surface area contributed by atoms with E-state index in [2.05, 4.69) is 5.32 Å². The van der Waals surface area contributed by atoms with Crippen molar-refractivity contribution in [2.45, 2.75) is 32.0 Å². The number of aliphatic hydroxyl groups is 1. The van der Waals surface area contributed by atoms with Gasteiger partial charge in [0.25, 0.3) is 0 Å². The van der Waals surface area contributed by atoms with Gasteiger partial charge in [0.15, 0.2) is 11.6 Å².